The number of ether oxygens (including phenoxy) is 1. The minimum absolute atomic E-state index is 0.202. The first kappa shape index (κ1) is 13.7. The lowest BCUT2D eigenvalue weighted by Crippen LogP contribution is -2.29. The van der Waals surface area contributed by atoms with Gasteiger partial charge in [0.2, 0.25) is 0 Å². The largest absolute Gasteiger partial charge is 0.453 e. The van der Waals surface area contributed by atoms with E-state index in [9.17, 15) is 4.79 Å². The highest BCUT2D eigenvalue weighted by Crippen LogP contribution is 2.10. The predicted octanol–water partition coefficient (Wildman–Crippen LogP) is 1.84. The Balaban J connectivity index is 2.23. The van der Waals surface area contributed by atoms with Crippen molar-refractivity contribution in [3.8, 4) is 0 Å². The number of furan rings is 1. The highest BCUT2D eigenvalue weighted by Gasteiger charge is 2.09. The molecule has 0 aromatic carbocycles. The van der Waals surface area contributed by atoms with Crippen molar-refractivity contribution in [3.05, 3.63) is 23.7 Å². The molecule has 3 N–H and O–H groups in total. The van der Waals surface area contributed by atoms with Crippen LogP contribution in [-0.2, 0) is 11.3 Å². The molecule has 0 saturated heterocycles. The third kappa shape index (κ3) is 5.01. The van der Waals surface area contributed by atoms with Gasteiger partial charge in [-0.1, -0.05) is 13.8 Å². The number of carbonyl (C=O) groups excluding carboxylic acids is 1. The van der Waals surface area contributed by atoms with Gasteiger partial charge in [0, 0.05) is 6.61 Å². The van der Waals surface area contributed by atoms with Gasteiger partial charge in [0.25, 0.3) is 0 Å². The lowest BCUT2D eigenvalue weighted by atomic mass is 10.1. The van der Waals surface area contributed by atoms with Gasteiger partial charge in [-0.2, -0.15) is 0 Å². The van der Waals surface area contributed by atoms with E-state index in [-0.39, 0.29) is 5.76 Å². The molecular formula is C12H20N2O3. The van der Waals surface area contributed by atoms with Gasteiger partial charge in [-0.05, 0) is 30.9 Å². The second-order valence-corrected chi connectivity index (χ2v) is 4.33. The third-order valence-electron chi connectivity index (χ3n) is 2.33. The molecule has 0 unspecified atom stereocenters. The van der Waals surface area contributed by atoms with E-state index in [0.29, 0.717) is 24.9 Å². The number of hydrazine groups is 1. The number of hydrogen-bond acceptors (Lipinski definition) is 4. The smallest absolute Gasteiger partial charge is 0.300 e. The van der Waals surface area contributed by atoms with E-state index in [2.05, 4.69) is 13.8 Å². The van der Waals surface area contributed by atoms with E-state index in [0.717, 1.165) is 12.8 Å². The molecule has 0 aliphatic rings. The van der Waals surface area contributed by atoms with Crippen molar-refractivity contribution in [2.75, 3.05) is 6.61 Å². The SMILES string of the molecule is CC(C)CCCOCc1ccc(C(=O)NN)o1. The lowest BCUT2D eigenvalue weighted by Gasteiger charge is -2.04. The van der Waals surface area contributed by atoms with Gasteiger partial charge >= 0.3 is 5.91 Å². The standard InChI is InChI=1S/C12H20N2O3/c1-9(2)4-3-7-16-8-10-5-6-11(17-10)12(15)14-13/h5-6,9H,3-4,7-8,13H2,1-2H3,(H,14,15). The molecule has 0 saturated carbocycles. The van der Waals surface area contributed by atoms with Crippen molar-refractivity contribution in [2.24, 2.45) is 11.8 Å². The molecule has 17 heavy (non-hydrogen) atoms. The molecule has 1 heterocycles. The first-order valence-corrected chi connectivity index (χ1v) is 5.81. The van der Waals surface area contributed by atoms with Gasteiger partial charge in [0.1, 0.15) is 12.4 Å². The summed E-state index contributed by atoms with van der Waals surface area (Å²) in [5.41, 5.74) is 2.01. The maximum Gasteiger partial charge on any atom is 0.300 e. The first-order chi connectivity index (χ1) is 8.13. The summed E-state index contributed by atoms with van der Waals surface area (Å²) in [5.74, 6) is 6.09. The predicted molar refractivity (Wildman–Crippen MR) is 64.1 cm³/mol. The van der Waals surface area contributed by atoms with Crippen LogP contribution in [-0.4, -0.2) is 12.5 Å². The zero-order valence-corrected chi connectivity index (χ0v) is 10.4. The molecule has 1 amide bonds. The van der Waals surface area contributed by atoms with Gasteiger partial charge in [0.05, 0.1) is 0 Å². The van der Waals surface area contributed by atoms with Gasteiger partial charge in [-0.3, -0.25) is 10.2 Å². The van der Waals surface area contributed by atoms with Gasteiger partial charge in [-0.25, -0.2) is 5.84 Å². The fourth-order valence-corrected chi connectivity index (χ4v) is 1.42. The molecule has 5 nitrogen and oxygen atoms in total. The number of amides is 1. The van der Waals surface area contributed by atoms with Crippen LogP contribution in [0.1, 0.15) is 43.0 Å². The van der Waals surface area contributed by atoms with E-state index < -0.39 is 5.91 Å². The van der Waals surface area contributed by atoms with Crippen molar-refractivity contribution in [3.63, 3.8) is 0 Å². The molecule has 96 valence electrons. The molecular weight excluding hydrogens is 220 g/mol. The van der Waals surface area contributed by atoms with Crippen molar-refractivity contribution < 1.29 is 13.9 Å². The summed E-state index contributed by atoms with van der Waals surface area (Å²) in [4.78, 5) is 11.1. The summed E-state index contributed by atoms with van der Waals surface area (Å²) in [6, 6.07) is 3.29. The normalized spacial score (nSPS) is 10.8. The van der Waals surface area contributed by atoms with Crippen LogP contribution in [0.4, 0.5) is 0 Å². The third-order valence-corrected chi connectivity index (χ3v) is 2.33. The van der Waals surface area contributed by atoms with Crippen molar-refractivity contribution >= 4 is 5.91 Å². The Morgan fingerprint density at radius 1 is 1.53 bits per heavy atom. The lowest BCUT2D eigenvalue weighted by molar-refractivity contribution is 0.0885. The monoisotopic (exact) mass is 240 g/mol. The van der Waals surface area contributed by atoms with Crippen molar-refractivity contribution in [2.45, 2.75) is 33.3 Å². The average Bonchev–Trinajstić information content (AvgIpc) is 2.76. The minimum Gasteiger partial charge on any atom is -0.453 e. The van der Waals surface area contributed by atoms with Crippen LogP contribution < -0.4 is 11.3 Å². The van der Waals surface area contributed by atoms with E-state index in [4.69, 9.17) is 15.0 Å². The van der Waals surface area contributed by atoms with Crippen molar-refractivity contribution in [1.29, 1.82) is 0 Å². The first-order valence-electron chi connectivity index (χ1n) is 5.81. The highest BCUT2D eigenvalue weighted by molar-refractivity contribution is 5.90. The van der Waals surface area contributed by atoms with E-state index in [1.807, 2.05) is 5.43 Å². The highest BCUT2D eigenvalue weighted by atomic mass is 16.5. The molecule has 1 aromatic rings. The Morgan fingerprint density at radius 2 is 2.29 bits per heavy atom. The Kier molecular flexibility index (Phi) is 5.72. The zero-order valence-electron chi connectivity index (χ0n) is 10.4. The molecule has 0 bridgehead atoms. The van der Waals surface area contributed by atoms with Crippen LogP contribution >= 0.6 is 0 Å². The number of nitrogens with one attached hydrogen (secondary N) is 1. The Hall–Kier alpha value is -1.33. The molecule has 5 heteroatoms. The molecule has 1 rings (SSSR count). The fourth-order valence-electron chi connectivity index (χ4n) is 1.42. The molecule has 0 aliphatic carbocycles. The van der Waals surface area contributed by atoms with Gasteiger partial charge in [0.15, 0.2) is 5.76 Å². The van der Waals surface area contributed by atoms with Gasteiger partial charge in [-0.15, -0.1) is 0 Å². The Bertz CT molecular complexity index is 347. The molecule has 0 radical (unpaired) electrons. The second kappa shape index (κ2) is 7.09. The Morgan fingerprint density at radius 3 is 2.94 bits per heavy atom. The summed E-state index contributed by atoms with van der Waals surface area (Å²) < 4.78 is 10.7. The number of rotatable bonds is 7. The molecule has 1 aromatic heterocycles. The minimum atomic E-state index is -0.434. The number of carbonyl (C=O) groups is 1. The van der Waals surface area contributed by atoms with Crippen LogP contribution in [0.5, 0.6) is 0 Å². The molecule has 0 fully saturated rings. The summed E-state index contributed by atoms with van der Waals surface area (Å²) in [6.45, 7) is 5.46. The van der Waals surface area contributed by atoms with E-state index >= 15 is 0 Å². The van der Waals surface area contributed by atoms with Crippen LogP contribution in [0.2, 0.25) is 0 Å². The molecule has 0 aliphatic heterocycles. The fraction of sp³-hybridized carbons (Fsp3) is 0.583. The second-order valence-electron chi connectivity index (χ2n) is 4.33. The van der Waals surface area contributed by atoms with Crippen LogP contribution in [0.25, 0.3) is 0 Å². The number of nitrogen functional groups attached to an aromatic ring is 1. The maximum atomic E-state index is 11.1. The summed E-state index contributed by atoms with van der Waals surface area (Å²) in [6.07, 6.45) is 2.19. The van der Waals surface area contributed by atoms with Crippen LogP contribution in [0.3, 0.4) is 0 Å². The van der Waals surface area contributed by atoms with Crippen molar-refractivity contribution in [1.82, 2.24) is 5.43 Å². The summed E-state index contributed by atoms with van der Waals surface area (Å²) in [7, 11) is 0. The number of hydrogen-bond donors (Lipinski definition) is 2. The summed E-state index contributed by atoms with van der Waals surface area (Å²) in [5, 5.41) is 0. The van der Waals surface area contributed by atoms with E-state index in [1.165, 1.54) is 0 Å². The number of nitrogens with two attached hydrogens (primary N) is 1. The van der Waals surface area contributed by atoms with Crippen LogP contribution in [0.15, 0.2) is 16.5 Å². The van der Waals surface area contributed by atoms with E-state index in [1.54, 1.807) is 12.1 Å². The zero-order chi connectivity index (χ0) is 12.7. The average molecular weight is 240 g/mol. The van der Waals surface area contributed by atoms with Gasteiger partial charge < -0.3 is 9.15 Å². The quantitative estimate of drug-likeness (QED) is 0.330. The molecule has 0 spiro atoms. The maximum absolute atomic E-state index is 11.1. The summed E-state index contributed by atoms with van der Waals surface area (Å²) >= 11 is 0. The van der Waals surface area contributed by atoms with Crippen LogP contribution in [0, 0.1) is 5.92 Å². The Labute approximate surface area is 101 Å². The topological polar surface area (TPSA) is 77.5 Å². The molecule has 0 atom stereocenters.